The van der Waals surface area contributed by atoms with Gasteiger partial charge in [-0.05, 0) is 12.5 Å². The van der Waals surface area contributed by atoms with E-state index < -0.39 is 0 Å². The van der Waals surface area contributed by atoms with Gasteiger partial charge in [0, 0.05) is 17.8 Å². The van der Waals surface area contributed by atoms with Crippen LogP contribution in [0.2, 0.25) is 0 Å². The molecule has 1 aliphatic heterocycles. The molecule has 0 amide bonds. The minimum Gasteiger partial charge on any atom is -0.388 e. The number of aliphatic hydroxyl groups excluding tert-OH is 1. The Morgan fingerprint density at radius 1 is 1.36 bits per heavy atom. The van der Waals surface area contributed by atoms with E-state index in [2.05, 4.69) is 5.32 Å². The Morgan fingerprint density at radius 2 is 2.18 bits per heavy atom. The Hall–Kier alpha value is -1.02. The molecule has 1 aromatic carbocycles. The van der Waals surface area contributed by atoms with E-state index in [4.69, 9.17) is 0 Å². The molecule has 2 heteroatoms. The number of benzene rings is 1. The minimum absolute atomic E-state index is 0.271. The lowest BCUT2D eigenvalue weighted by Gasteiger charge is -2.22. The van der Waals surface area contributed by atoms with E-state index in [1.165, 1.54) is 0 Å². The largest absolute Gasteiger partial charge is 0.388 e. The van der Waals surface area contributed by atoms with E-state index in [-0.39, 0.29) is 6.10 Å². The molecule has 0 aromatic heterocycles. The van der Waals surface area contributed by atoms with Crippen molar-refractivity contribution in [2.45, 2.75) is 12.5 Å². The first kappa shape index (κ1) is 6.68. The molecular formula is C9H11NO. The summed E-state index contributed by atoms with van der Waals surface area (Å²) in [6.45, 7) is 0.873. The average Bonchev–Trinajstić information content (AvgIpc) is 2.06. The molecule has 2 N–H and O–H groups in total. The van der Waals surface area contributed by atoms with Crippen molar-refractivity contribution in [2.24, 2.45) is 0 Å². The molecule has 0 radical (unpaired) electrons. The first-order valence-corrected chi connectivity index (χ1v) is 3.89. The zero-order valence-electron chi connectivity index (χ0n) is 6.25. The highest BCUT2D eigenvalue weighted by Crippen LogP contribution is 2.28. The highest BCUT2D eigenvalue weighted by atomic mass is 16.3. The molecule has 58 valence electrons. The maximum atomic E-state index is 9.52. The summed E-state index contributed by atoms with van der Waals surface area (Å²) in [5.74, 6) is 0. The molecule has 0 unspecified atom stereocenters. The minimum atomic E-state index is -0.271. The van der Waals surface area contributed by atoms with Crippen LogP contribution < -0.4 is 5.32 Å². The van der Waals surface area contributed by atoms with E-state index in [0.29, 0.717) is 0 Å². The van der Waals surface area contributed by atoms with Crippen molar-refractivity contribution < 1.29 is 5.11 Å². The maximum absolute atomic E-state index is 9.52. The topological polar surface area (TPSA) is 32.3 Å². The van der Waals surface area contributed by atoms with Crippen LogP contribution in [0.15, 0.2) is 24.3 Å². The second kappa shape index (κ2) is 2.55. The zero-order valence-corrected chi connectivity index (χ0v) is 6.25. The molecule has 1 aromatic rings. The number of fused-ring (bicyclic) bond motifs is 1. The molecule has 0 spiro atoms. The number of para-hydroxylation sites is 1. The van der Waals surface area contributed by atoms with Gasteiger partial charge in [-0.2, -0.15) is 0 Å². The van der Waals surface area contributed by atoms with Gasteiger partial charge in [-0.15, -0.1) is 0 Å². The number of nitrogens with one attached hydrogen (secondary N) is 1. The summed E-state index contributed by atoms with van der Waals surface area (Å²) in [6.07, 6.45) is 0.546. The lowest BCUT2D eigenvalue weighted by atomic mass is 10.0. The Kier molecular flexibility index (Phi) is 1.55. The van der Waals surface area contributed by atoms with Gasteiger partial charge >= 0.3 is 0 Å². The van der Waals surface area contributed by atoms with Gasteiger partial charge in [-0.3, -0.25) is 0 Å². The monoisotopic (exact) mass is 149 g/mol. The van der Waals surface area contributed by atoms with Crippen LogP contribution in [0, 0.1) is 0 Å². The normalized spacial score (nSPS) is 22.1. The summed E-state index contributed by atoms with van der Waals surface area (Å²) in [4.78, 5) is 0. The van der Waals surface area contributed by atoms with Gasteiger partial charge in [0.25, 0.3) is 0 Å². The van der Waals surface area contributed by atoms with Gasteiger partial charge in [-0.25, -0.2) is 0 Å². The first-order chi connectivity index (χ1) is 5.38. The van der Waals surface area contributed by atoms with Crippen molar-refractivity contribution in [3.05, 3.63) is 29.8 Å². The summed E-state index contributed by atoms with van der Waals surface area (Å²) in [7, 11) is 0. The van der Waals surface area contributed by atoms with Gasteiger partial charge in [0.05, 0.1) is 6.10 Å². The zero-order chi connectivity index (χ0) is 7.68. The SMILES string of the molecule is O[C@@H]1CCNc2ccccc21. The Bertz CT molecular complexity index is 259. The highest BCUT2D eigenvalue weighted by Gasteiger charge is 2.15. The summed E-state index contributed by atoms with van der Waals surface area (Å²) in [6, 6.07) is 7.89. The standard InChI is InChI=1S/C9H11NO/c11-9-5-6-10-8-4-2-1-3-7(8)9/h1-4,9-11H,5-6H2/t9-/m1/s1. The van der Waals surface area contributed by atoms with Crippen molar-refractivity contribution in [3.8, 4) is 0 Å². The summed E-state index contributed by atoms with van der Waals surface area (Å²) >= 11 is 0. The third-order valence-corrected chi connectivity index (χ3v) is 2.05. The highest BCUT2D eigenvalue weighted by molar-refractivity contribution is 5.53. The van der Waals surface area contributed by atoms with Crippen LogP contribution in [0.4, 0.5) is 5.69 Å². The Labute approximate surface area is 65.9 Å². The Morgan fingerprint density at radius 3 is 3.00 bits per heavy atom. The molecule has 0 saturated heterocycles. The molecule has 0 aliphatic carbocycles. The quantitative estimate of drug-likeness (QED) is 0.586. The first-order valence-electron chi connectivity index (χ1n) is 3.89. The smallest absolute Gasteiger partial charge is 0.0826 e. The van der Waals surface area contributed by atoms with Crippen molar-refractivity contribution in [1.82, 2.24) is 0 Å². The number of anilines is 1. The Balaban J connectivity index is 2.44. The molecule has 1 atom stereocenters. The molecule has 0 saturated carbocycles. The number of hydrogen-bond acceptors (Lipinski definition) is 2. The van der Waals surface area contributed by atoms with Gasteiger partial charge in [0.1, 0.15) is 0 Å². The predicted octanol–water partition coefficient (Wildman–Crippen LogP) is 1.54. The van der Waals surface area contributed by atoms with E-state index in [1.54, 1.807) is 0 Å². The maximum Gasteiger partial charge on any atom is 0.0826 e. The van der Waals surface area contributed by atoms with E-state index >= 15 is 0 Å². The second-order valence-electron chi connectivity index (χ2n) is 2.82. The number of rotatable bonds is 0. The third kappa shape index (κ3) is 1.10. The van der Waals surface area contributed by atoms with Crippen LogP contribution >= 0.6 is 0 Å². The average molecular weight is 149 g/mol. The molecule has 1 heterocycles. The van der Waals surface area contributed by atoms with Crippen molar-refractivity contribution >= 4 is 5.69 Å². The molecule has 1 aliphatic rings. The van der Waals surface area contributed by atoms with Crippen LogP contribution in [-0.2, 0) is 0 Å². The van der Waals surface area contributed by atoms with Crippen molar-refractivity contribution in [2.75, 3.05) is 11.9 Å². The van der Waals surface area contributed by atoms with Gasteiger partial charge in [-0.1, -0.05) is 18.2 Å². The number of hydrogen-bond donors (Lipinski definition) is 2. The van der Waals surface area contributed by atoms with Crippen LogP contribution in [-0.4, -0.2) is 11.7 Å². The molecule has 2 rings (SSSR count). The summed E-state index contributed by atoms with van der Waals surface area (Å²) < 4.78 is 0. The van der Waals surface area contributed by atoms with Crippen LogP contribution in [0.25, 0.3) is 0 Å². The molecule has 0 bridgehead atoms. The van der Waals surface area contributed by atoms with Gasteiger partial charge in [0.2, 0.25) is 0 Å². The number of aliphatic hydroxyl groups is 1. The van der Waals surface area contributed by atoms with E-state index in [9.17, 15) is 5.11 Å². The third-order valence-electron chi connectivity index (χ3n) is 2.05. The fraction of sp³-hybridized carbons (Fsp3) is 0.333. The fourth-order valence-electron chi connectivity index (χ4n) is 1.45. The molecule has 2 nitrogen and oxygen atoms in total. The summed E-state index contributed by atoms with van der Waals surface area (Å²) in [5.41, 5.74) is 2.10. The van der Waals surface area contributed by atoms with Crippen LogP contribution in [0.3, 0.4) is 0 Å². The van der Waals surface area contributed by atoms with Crippen molar-refractivity contribution in [1.29, 1.82) is 0 Å². The van der Waals surface area contributed by atoms with Gasteiger partial charge in [0.15, 0.2) is 0 Å². The van der Waals surface area contributed by atoms with Crippen LogP contribution in [0.5, 0.6) is 0 Å². The molecular weight excluding hydrogens is 138 g/mol. The predicted molar refractivity (Wildman–Crippen MR) is 44.5 cm³/mol. The molecule has 11 heavy (non-hydrogen) atoms. The fourth-order valence-corrected chi connectivity index (χ4v) is 1.45. The molecule has 0 fully saturated rings. The van der Waals surface area contributed by atoms with E-state index in [0.717, 1.165) is 24.2 Å². The lowest BCUT2D eigenvalue weighted by molar-refractivity contribution is 0.168. The summed E-state index contributed by atoms with van der Waals surface area (Å²) in [5, 5.41) is 12.8. The van der Waals surface area contributed by atoms with Crippen LogP contribution in [0.1, 0.15) is 18.1 Å². The second-order valence-corrected chi connectivity index (χ2v) is 2.82. The van der Waals surface area contributed by atoms with E-state index in [1.807, 2.05) is 24.3 Å². The lowest BCUT2D eigenvalue weighted by Crippen LogP contribution is -2.15. The van der Waals surface area contributed by atoms with Crippen molar-refractivity contribution in [3.63, 3.8) is 0 Å². The van der Waals surface area contributed by atoms with Gasteiger partial charge < -0.3 is 10.4 Å².